The van der Waals surface area contributed by atoms with E-state index in [9.17, 15) is 9.90 Å². The van der Waals surface area contributed by atoms with Gasteiger partial charge in [0.1, 0.15) is 5.82 Å². The van der Waals surface area contributed by atoms with Crippen molar-refractivity contribution in [1.82, 2.24) is 15.2 Å². The molecule has 0 radical (unpaired) electrons. The molecule has 14 heavy (non-hydrogen) atoms. The van der Waals surface area contributed by atoms with E-state index < -0.39 is 5.63 Å². The fraction of sp³-hybridized carbons (Fsp3) is 0.250. The monoisotopic (exact) mass is 193 g/mol. The van der Waals surface area contributed by atoms with Crippen LogP contribution in [0.2, 0.25) is 0 Å². The molecule has 0 unspecified atom stereocenters. The van der Waals surface area contributed by atoms with Gasteiger partial charge in [0.15, 0.2) is 11.3 Å². The van der Waals surface area contributed by atoms with Gasteiger partial charge >= 0.3 is 5.63 Å². The van der Waals surface area contributed by atoms with E-state index in [1.807, 2.05) is 0 Å². The minimum Gasteiger partial charge on any atom is -0.505 e. The van der Waals surface area contributed by atoms with Crippen LogP contribution in [0.25, 0.3) is 11.2 Å². The van der Waals surface area contributed by atoms with Gasteiger partial charge in [0.2, 0.25) is 0 Å². The molecule has 2 aromatic heterocycles. The first-order valence-corrected chi connectivity index (χ1v) is 3.93. The van der Waals surface area contributed by atoms with Crippen molar-refractivity contribution in [2.24, 2.45) is 0 Å². The van der Waals surface area contributed by atoms with Crippen LogP contribution in [0.15, 0.2) is 9.21 Å². The third-order valence-corrected chi connectivity index (χ3v) is 1.84. The fourth-order valence-corrected chi connectivity index (χ4v) is 1.06. The summed E-state index contributed by atoms with van der Waals surface area (Å²) in [5, 5.41) is 16.8. The maximum atomic E-state index is 11.1. The Kier molecular flexibility index (Phi) is 1.70. The average molecular weight is 193 g/mol. The summed E-state index contributed by atoms with van der Waals surface area (Å²) < 4.78 is 4.78. The Bertz CT molecular complexity index is 561. The molecule has 0 amide bonds. The Morgan fingerprint density at radius 1 is 1.29 bits per heavy atom. The third-order valence-electron chi connectivity index (χ3n) is 1.84. The lowest BCUT2D eigenvalue weighted by molar-refractivity contribution is 0.455. The predicted octanol–water partition coefficient (Wildman–Crippen LogP) is 0.300. The highest BCUT2D eigenvalue weighted by Gasteiger charge is 2.12. The number of rotatable bonds is 0. The van der Waals surface area contributed by atoms with Crippen molar-refractivity contribution in [3.05, 3.63) is 21.8 Å². The second-order valence-electron chi connectivity index (χ2n) is 2.88. The van der Waals surface area contributed by atoms with Gasteiger partial charge in [-0.25, -0.2) is 9.78 Å². The van der Waals surface area contributed by atoms with E-state index in [4.69, 9.17) is 4.42 Å². The summed E-state index contributed by atoms with van der Waals surface area (Å²) in [6.07, 6.45) is 0. The first-order chi connectivity index (χ1) is 6.59. The molecule has 2 rings (SSSR count). The van der Waals surface area contributed by atoms with E-state index in [1.165, 1.54) is 6.92 Å². The van der Waals surface area contributed by atoms with Gasteiger partial charge in [-0.2, -0.15) is 0 Å². The Hall–Kier alpha value is -1.98. The van der Waals surface area contributed by atoms with Gasteiger partial charge in [0.05, 0.1) is 5.56 Å². The molecule has 2 heterocycles. The van der Waals surface area contributed by atoms with Crippen LogP contribution < -0.4 is 5.63 Å². The molecule has 0 aliphatic rings. The predicted molar refractivity (Wildman–Crippen MR) is 47.0 cm³/mol. The average Bonchev–Trinajstić information content (AvgIpc) is 2.16. The summed E-state index contributed by atoms with van der Waals surface area (Å²) in [6.45, 7) is 3.09. The van der Waals surface area contributed by atoms with Crippen molar-refractivity contribution < 1.29 is 9.52 Å². The summed E-state index contributed by atoms with van der Waals surface area (Å²) in [5.41, 5.74) is -0.398. The Morgan fingerprint density at radius 3 is 2.71 bits per heavy atom. The van der Waals surface area contributed by atoms with Crippen molar-refractivity contribution in [1.29, 1.82) is 0 Å². The molecule has 0 aromatic carbocycles. The standard InChI is InChI=1S/C8H7N3O3/c1-3-6(12)5-7(14-8(3)13)11-10-4(2)9-5/h12H,1-2H3. The molecule has 0 bridgehead atoms. The lowest BCUT2D eigenvalue weighted by Gasteiger charge is -2.00. The summed E-state index contributed by atoms with van der Waals surface area (Å²) in [5.74, 6) is 0.204. The molecule has 0 saturated carbocycles. The highest BCUT2D eigenvalue weighted by Crippen LogP contribution is 2.21. The minimum absolute atomic E-state index is 0.0521. The zero-order valence-corrected chi connectivity index (χ0v) is 7.61. The minimum atomic E-state index is -0.630. The number of fused-ring (bicyclic) bond motifs is 1. The van der Waals surface area contributed by atoms with Gasteiger partial charge < -0.3 is 9.52 Å². The summed E-state index contributed by atoms with van der Waals surface area (Å²) >= 11 is 0. The molecule has 0 aliphatic carbocycles. The van der Waals surface area contributed by atoms with Crippen LogP contribution in [0, 0.1) is 13.8 Å². The largest absolute Gasteiger partial charge is 0.505 e. The van der Waals surface area contributed by atoms with Gasteiger partial charge in [0, 0.05) is 0 Å². The normalized spacial score (nSPS) is 10.7. The lowest BCUT2D eigenvalue weighted by atomic mass is 10.3. The SMILES string of the molecule is Cc1nnc2oc(=O)c(C)c(O)c2n1. The molecule has 0 saturated heterocycles. The van der Waals surface area contributed by atoms with Gasteiger partial charge in [-0.05, 0) is 13.8 Å². The van der Waals surface area contributed by atoms with Crippen LogP contribution in [0.5, 0.6) is 5.75 Å². The van der Waals surface area contributed by atoms with Crippen molar-refractivity contribution in [2.45, 2.75) is 13.8 Å². The van der Waals surface area contributed by atoms with Crippen LogP contribution >= 0.6 is 0 Å². The smallest absolute Gasteiger partial charge is 0.344 e. The van der Waals surface area contributed by atoms with Crippen molar-refractivity contribution >= 4 is 11.2 Å². The maximum absolute atomic E-state index is 11.1. The van der Waals surface area contributed by atoms with E-state index in [0.29, 0.717) is 5.82 Å². The Balaban J connectivity index is 2.99. The zero-order valence-electron chi connectivity index (χ0n) is 7.61. The zero-order chi connectivity index (χ0) is 10.3. The van der Waals surface area contributed by atoms with E-state index in [2.05, 4.69) is 15.2 Å². The molecule has 72 valence electrons. The van der Waals surface area contributed by atoms with Gasteiger partial charge in [-0.3, -0.25) is 0 Å². The number of hydrogen-bond acceptors (Lipinski definition) is 6. The van der Waals surface area contributed by atoms with Crippen LogP contribution in [-0.4, -0.2) is 20.3 Å². The number of aromatic hydroxyl groups is 1. The van der Waals surface area contributed by atoms with Gasteiger partial charge in [-0.1, -0.05) is 0 Å². The molecular formula is C8H7N3O3. The number of nitrogens with zero attached hydrogens (tertiary/aromatic N) is 3. The molecule has 0 atom stereocenters. The second kappa shape index (κ2) is 2.76. The van der Waals surface area contributed by atoms with E-state index in [1.54, 1.807) is 6.92 Å². The van der Waals surface area contributed by atoms with Crippen LogP contribution in [-0.2, 0) is 0 Å². The molecular weight excluding hydrogens is 186 g/mol. The summed E-state index contributed by atoms with van der Waals surface area (Å²) in [6, 6.07) is 0. The number of aryl methyl sites for hydroxylation is 1. The molecule has 1 N–H and O–H groups in total. The van der Waals surface area contributed by atoms with E-state index >= 15 is 0 Å². The third kappa shape index (κ3) is 1.12. The highest BCUT2D eigenvalue weighted by atomic mass is 16.4. The molecule has 6 nitrogen and oxygen atoms in total. The number of aromatic nitrogens is 3. The summed E-state index contributed by atoms with van der Waals surface area (Å²) in [7, 11) is 0. The van der Waals surface area contributed by atoms with E-state index in [0.717, 1.165) is 0 Å². The van der Waals surface area contributed by atoms with Crippen LogP contribution in [0.1, 0.15) is 11.4 Å². The van der Waals surface area contributed by atoms with Crippen molar-refractivity contribution in [3.63, 3.8) is 0 Å². The fourth-order valence-electron chi connectivity index (χ4n) is 1.06. The second-order valence-corrected chi connectivity index (χ2v) is 2.88. The summed E-state index contributed by atoms with van der Waals surface area (Å²) in [4.78, 5) is 15.0. The van der Waals surface area contributed by atoms with Gasteiger partial charge in [-0.15, -0.1) is 10.2 Å². The highest BCUT2D eigenvalue weighted by molar-refractivity contribution is 5.75. The lowest BCUT2D eigenvalue weighted by Crippen LogP contribution is -2.06. The molecule has 0 spiro atoms. The van der Waals surface area contributed by atoms with E-state index in [-0.39, 0.29) is 22.5 Å². The van der Waals surface area contributed by atoms with Crippen molar-refractivity contribution in [3.8, 4) is 5.75 Å². The van der Waals surface area contributed by atoms with Crippen molar-refractivity contribution in [2.75, 3.05) is 0 Å². The van der Waals surface area contributed by atoms with Crippen LogP contribution in [0.4, 0.5) is 0 Å². The quantitative estimate of drug-likeness (QED) is 0.647. The first-order valence-electron chi connectivity index (χ1n) is 3.93. The molecule has 2 aromatic rings. The van der Waals surface area contributed by atoms with Crippen LogP contribution in [0.3, 0.4) is 0 Å². The topological polar surface area (TPSA) is 89.1 Å². The molecule has 0 fully saturated rings. The Morgan fingerprint density at radius 2 is 2.00 bits per heavy atom. The molecule has 6 heteroatoms. The Labute approximate surface area is 78.2 Å². The maximum Gasteiger partial charge on any atom is 0.344 e. The molecule has 0 aliphatic heterocycles. The first kappa shape index (κ1) is 8.61. The number of hydrogen-bond donors (Lipinski definition) is 1. The van der Waals surface area contributed by atoms with Gasteiger partial charge in [0.25, 0.3) is 5.71 Å².